The average molecular weight is 143 g/mol. The Labute approximate surface area is 60.4 Å². The molecule has 0 saturated heterocycles. The zero-order valence-electron chi connectivity index (χ0n) is 6.33. The standard InChI is InChI=1S/C5H13N5/c1-7-3-5(4-8-2)9-10-6/h5,7-8H,3-4H2,1-2H3. The van der Waals surface area contributed by atoms with E-state index in [4.69, 9.17) is 5.53 Å². The van der Waals surface area contributed by atoms with Crippen LogP contribution in [0.15, 0.2) is 5.11 Å². The summed E-state index contributed by atoms with van der Waals surface area (Å²) in [5.41, 5.74) is 8.09. The molecule has 0 aromatic heterocycles. The third-order valence-electron chi connectivity index (χ3n) is 1.09. The summed E-state index contributed by atoms with van der Waals surface area (Å²) >= 11 is 0. The van der Waals surface area contributed by atoms with Gasteiger partial charge in [-0.15, -0.1) is 0 Å². The molecule has 0 saturated carbocycles. The summed E-state index contributed by atoms with van der Waals surface area (Å²) in [6, 6.07) is 0.0139. The molecule has 0 spiro atoms. The molecule has 0 aliphatic heterocycles. The second kappa shape index (κ2) is 6.35. The smallest absolute Gasteiger partial charge is 0.0623 e. The Morgan fingerprint density at radius 1 is 1.40 bits per heavy atom. The third-order valence-corrected chi connectivity index (χ3v) is 1.09. The monoisotopic (exact) mass is 143 g/mol. The number of nitrogens with one attached hydrogen (secondary N) is 2. The normalized spacial score (nSPS) is 9.50. The molecule has 2 N–H and O–H groups in total. The van der Waals surface area contributed by atoms with Gasteiger partial charge in [-0.3, -0.25) is 0 Å². The van der Waals surface area contributed by atoms with E-state index in [9.17, 15) is 0 Å². The van der Waals surface area contributed by atoms with E-state index in [-0.39, 0.29) is 6.04 Å². The van der Waals surface area contributed by atoms with Crippen molar-refractivity contribution in [1.29, 1.82) is 0 Å². The van der Waals surface area contributed by atoms with E-state index >= 15 is 0 Å². The first-order valence-electron chi connectivity index (χ1n) is 3.18. The first-order chi connectivity index (χ1) is 4.85. The molecule has 0 bridgehead atoms. The van der Waals surface area contributed by atoms with Crippen LogP contribution >= 0.6 is 0 Å². The van der Waals surface area contributed by atoms with Gasteiger partial charge in [-0.2, -0.15) is 0 Å². The van der Waals surface area contributed by atoms with Crippen LogP contribution in [0.4, 0.5) is 0 Å². The molecule has 0 amide bonds. The van der Waals surface area contributed by atoms with Crippen molar-refractivity contribution in [2.75, 3.05) is 27.2 Å². The molecule has 5 heteroatoms. The third kappa shape index (κ3) is 4.14. The molecular formula is C5H13N5. The van der Waals surface area contributed by atoms with Gasteiger partial charge in [0.2, 0.25) is 0 Å². The average Bonchev–Trinajstić information content (AvgIpc) is 1.90. The molecule has 0 radical (unpaired) electrons. The van der Waals surface area contributed by atoms with Gasteiger partial charge in [0.1, 0.15) is 0 Å². The van der Waals surface area contributed by atoms with Gasteiger partial charge in [-0.1, -0.05) is 5.11 Å². The van der Waals surface area contributed by atoms with Crippen LogP contribution in [-0.2, 0) is 0 Å². The molecule has 0 rings (SSSR count). The largest absolute Gasteiger partial charge is 0.319 e. The van der Waals surface area contributed by atoms with Crippen LogP contribution in [0.1, 0.15) is 0 Å². The number of azide groups is 1. The van der Waals surface area contributed by atoms with Crippen LogP contribution in [-0.4, -0.2) is 33.2 Å². The topological polar surface area (TPSA) is 72.8 Å². The number of nitrogens with zero attached hydrogens (tertiary/aromatic N) is 3. The molecule has 0 heterocycles. The van der Waals surface area contributed by atoms with Gasteiger partial charge in [0.15, 0.2) is 0 Å². The minimum absolute atomic E-state index is 0.0139. The van der Waals surface area contributed by atoms with E-state index < -0.39 is 0 Å². The van der Waals surface area contributed by atoms with Crippen molar-refractivity contribution in [1.82, 2.24) is 10.6 Å². The quantitative estimate of drug-likeness (QED) is 0.325. The van der Waals surface area contributed by atoms with Crippen molar-refractivity contribution in [3.63, 3.8) is 0 Å². The molecule has 58 valence electrons. The van der Waals surface area contributed by atoms with E-state index in [1.54, 1.807) is 0 Å². The number of hydrogen-bond donors (Lipinski definition) is 2. The van der Waals surface area contributed by atoms with Gasteiger partial charge in [0.25, 0.3) is 0 Å². The number of likely N-dealkylation sites (N-methyl/N-ethyl adjacent to an activating group) is 2. The summed E-state index contributed by atoms with van der Waals surface area (Å²) in [4.78, 5) is 2.72. The molecule has 0 atom stereocenters. The summed E-state index contributed by atoms with van der Waals surface area (Å²) < 4.78 is 0. The number of rotatable bonds is 5. The minimum Gasteiger partial charge on any atom is -0.319 e. The molecule has 5 nitrogen and oxygen atoms in total. The van der Waals surface area contributed by atoms with Gasteiger partial charge in [0.05, 0.1) is 6.04 Å². The highest BCUT2D eigenvalue weighted by molar-refractivity contribution is 4.70. The van der Waals surface area contributed by atoms with Gasteiger partial charge in [-0.25, -0.2) is 0 Å². The molecule has 0 aliphatic rings. The Kier molecular flexibility index (Phi) is 5.86. The van der Waals surface area contributed by atoms with Crippen molar-refractivity contribution in [3.05, 3.63) is 10.4 Å². The lowest BCUT2D eigenvalue weighted by Crippen LogP contribution is -2.30. The predicted octanol–water partition coefficient (Wildman–Crippen LogP) is 0.104. The van der Waals surface area contributed by atoms with Gasteiger partial charge < -0.3 is 10.6 Å². The lowest BCUT2D eigenvalue weighted by atomic mass is 10.3. The SMILES string of the molecule is CNCC(CNC)N=[N+]=[N-]. The van der Waals surface area contributed by atoms with Crippen LogP contribution in [0.5, 0.6) is 0 Å². The number of hydrogen-bond acceptors (Lipinski definition) is 3. The Bertz CT molecular complexity index is 111. The van der Waals surface area contributed by atoms with Crippen molar-refractivity contribution >= 4 is 0 Å². The second-order valence-corrected chi connectivity index (χ2v) is 1.97. The Hall–Kier alpha value is -0.770. The van der Waals surface area contributed by atoms with E-state index in [0.717, 1.165) is 0 Å². The maximum Gasteiger partial charge on any atom is 0.0623 e. The molecule has 0 aliphatic carbocycles. The zero-order chi connectivity index (χ0) is 7.82. The molecule has 10 heavy (non-hydrogen) atoms. The molecule has 0 fully saturated rings. The Morgan fingerprint density at radius 3 is 2.20 bits per heavy atom. The highest BCUT2D eigenvalue weighted by atomic mass is 15.2. The zero-order valence-corrected chi connectivity index (χ0v) is 6.33. The molecule has 0 aromatic rings. The predicted molar refractivity (Wildman–Crippen MR) is 40.8 cm³/mol. The minimum atomic E-state index is 0.0139. The first-order valence-corrected chi connectivity index (χ1v) is 3.18. The van der Waals surface area contributed by atoms with E-state index in [1.165, 1.54) is 0 Å². The van der Waals surface area contributed by atoms with Crippen molar-refractivity contribution < 1.29 is 0 Å². The van der Waals surface area contributed by atoms with Crippen LogP contribution in [0.2, 0.25) is 0 Å². The molecular weight excluding hydrogens is 130 g/mol. The fourth-order valence-corrected chi connectivity index (χ4v) is 0.698. The van der Waals surface area contributed by atoms with E-state index in [0.29, 0.717) is 13.1 Å². The Balaban J connectivity index is 3.60. The van der Waals surface area contributed by atoms with Crippen LogP contribution in [0, 0.1) is 0 Å². The van der Waals surface area contributed by atoms with Crippen LogP contribution < -0.4 is 10.6 Å². The summed E-state index contributed by atoms with van der Waals surface area (Å²) in [6.45, 7) is 1.43. The lowest BCUT2D eigenvalue weighted by Gasteiger charge is -2.07. The summed E-state index contributed by atoms with van der Waals surface area (Å²) in [6.07, 6.45) is 0. The highest BCUT2D eigenvalue weighted by Gasteiger charge is 2.00. The lowest BCUT2D eigenvalue weighted by molar-refractivity contribution is 0.580. The van der Waals surface area contributed by atoms with E-state index in [1.807, 2.05) is 14.1 Å². The second-order valence-electron chi connectivity index (χ2n) is 1.97. The summed E-state index contributed by atoms with van der Waals surface area (Å²) in [5, 5.41) is 9.42. The van der Waals surface area contributed by atoms with Crippen molar-refractivity contribution in [3.8, 4) is 0 Å². The van der Waals surface area contributed by atoms with E-state index in [2.05, 4.69) is 20.7 Å². The van der Waals surface area contributed by atoms with Crippen LogP contribution in [0.3, 0.4) is 0 Å². The summed E-state index contributed by atoms with van der Waals surface area (Å²) in [7, 11) is 3.66. The maximum atomic E-state index is 8.09. The fourth-order valence-electron chi connectivity index (χ4n) is 0.698. The fraction of sp³-hybridized carbons (Fsp3) is 1.00. The van der Waals surface area contributed by atoms with Crippen molar-refractivity contribution in [2.24, 2.45) is 5.11 Å². The van der Waals surface area contributed by atoms with Gasteiger partial charge >= 0.3 is 0 Å². The Morgan fingerprint density at radius 2 is 1.90 bits per heavy atom. The van der Waals surface area contributed by atoms with Crippen molar-refractivity contribution in [2.45, 2.75) is 6.04 Å². The molecule has 0 unspecified atom stereocenters. The molecule has 0 aromatic carbocycles. The highest BCUT2D eigenvalue weighted by Crippen LogP contribution is 1.86. The first kappa shape index (κ1) is 9.23. The summed E-state index contributed by atoms with van der Waals surface area (Å²) in [5.74, 6) is 0. The maximum absolute atomic E-state index is 8.09. The van der Waals surface area contributed by atoms with Gasteiger partial charge in [-0.05, 0) is 19.6 Å². The van der Waals surface area contributed by atoms with Crippen LogP contribution in [0.25, 0.3) is 10.4 Å². The van der Waals surface area contributed by atoms with Gasteiger partial charge in [0, 0.05) is 18.0 Å².